The number of hydrogen-bond acceptors (Lipinski definition) is 1. The van der Waals surface area contributed by atoms with Crippen LogP contribution in [0.1, 0.15) is 61.3 Å². The van der Waals surface area contributed by atoms with Crippen molar-refractivity contribution >= 4 is 15.9 Å². The Hall–Kier alpha value is -0.340. The van der Waals surface area contributed by atoms with Crippen molar-refractivity contribution in [1.29, 1.82) is 0 Å². The van der Waals surface area contributed by atoms with Gasteiger partial charge in [-0.25, -0.2) is 0 Å². The molecule has 0 bridgehead atoms. The Balaban J connectivity index is 2.06. The lowest BCUT2D eigenvalue weighted by Crippen LogP contribution is -2.11. The Morgan fingerprint density at radius 3 is 2.28 bits per heavy atom. The first kappa shape index (κ1) is 14.1. The molecule has 0 amide bonds. The van der Waals surface area contributed by atoms with E-state index in [-0.39, 0.29) is 6.10 Å². The number of rotatable bonds is 3. The van der Waals surface area contributed by atoms with E-state index in [1.165, 1.54) is 43.2 Å². The smallest absolute Gasteiger partial charge is 0.0792 e. The van der Waals surface area contributed by atoms with E-state index < -0.39 is 0 Å². The van der Waals surface area contributed by atoms with Crippen LogP contribution in [0.25, 0.3) is 0 Å². The van der Waals surface area contributed by atoms with Crippen LogP contribution in [0.15, 0.2) is 16.6 Å². The van der Waals surface area contributed by atoms with Gasteiger partial charge in [0, 0.05) is 4.47 Å². The fourth-order valence-corrected chi connectivity index (χ4v) is 3.28. The van der Waals surface area contributed by atoms with E-state index in [0.29, 0.717) is 0 Å². The largest absolute Gasteiger partial charge is 0.388 e. The summed E-state index contributed by atoms with van der Waals surface area (Å²) in [5.74, 6) is 0.720. The molecule has 100 valence electrons. The lowest BCUT2D eigenvalue weighted by molar-refractivity contribution is 0.131. The number of aliphatic hydroxyl groups is 1. The Labute approximate surface area is 119 Å². The van der Waals surface area contributed by atoms with Crippen molar-refractivity contribution in [2.75, 3.05) is 0 Å². The van der Waals surface area contributed by atoms with Crippen molar-refractivity contribution < 1.29 is 5.11 Å². The minimum absolute atomic E-state index is 0.293. The molecule has 0 spiro atoms. The maximum absolute atomic E-state index is 10.4. The van der Waals surface area contributed by atoms with Crippen molar-refractivity contribution in [3.05, 3.63) is 33.3 Å². The topological polar surface area (TPSA) is 20.2 Å². The SMILES string of the molecule is Cc1cc(C(O)CC2CCCCC2)cc(C)c1Br. The van der Waals surface area contributed by atoms with E-state index in [2.05, 4.69) is 41.9 Å². The number of aryl methyl sites for hydroxylation is 2. The molecule has 1 unspecified atom stereocenters. The molecule has 1 nitrogen and oxygen atoms in total. The molecule has 0 aromatic heterocycles. The van der Waals surface area contributed by atoms with E-state index in [1.807, 2.05) is 0 Å². The predicted octanol–water partition coefficient (Wildman–Crippen LogP) is 5.07. The van der Waals surface area contributed by atoms with E-state index in [0.717, 1.165) is 22.4 Å². The lowest BCUT2D eigenvalue weighted by atomic mass is 9.84. The fourth-order valence-electron chi connectivity index (χ4n) is 3.05. The van der Waals surface area contributed by atoms with E-state index in [1.54, 1.807) is 0 Å². The third kappa shape index (κ3) is 3.36. The first-order valence-electron chi connectivity index (χ1n) is 7.02. The number of hydrogen-bond donors (Lipinski definition) is 1. The van der Waals surface area contributed by atoms with Gasteiger partial charge < -0.3 is 5.11 Å². The molecule has 1 aliphatic carbocycles. The minimum atomic E-state index is -0.293. The van der Waals surface area contributed by atoms with Gasteiger partial charge in [0.2, 0.25) is 0 Å². The molecule has 1 N–H and O–H groups in total. The fraction of sp³-hybridized carbons (Fsp3) is 0.625. The quantitative estimate of drug-likeness (QED) is 0.826. The van der Waals surface area contributed by atoms with Crippen LogP contribution in [0.3, 0.4) is 0 Å². The third-order valence-electron chi connectivity index (χ3n) is 4.12. The van der Waals surface area contributed by atoms with Crippen molar-refractivity contribution in [1.82, 2.24) is 0 Å². The van der Waals surface area contributed by atoms with Crippen LogP contribution in [0.5, 0.6) is 0 Å². The molecule has 0 saturated heterocycles. The second-order valence-electron chi connectivity index (χ2n) is 5.72. The maximum Gasteiger partial charge on any atom is 0.0792 e. The average molecular weight is 311 g/mol. The molecule has 1 aromatic carbocycles. The summed E-state index contributed by atoms with van der Waals surface area (Å²) in [6, 6.07) is 4.23. The Bertz CT molecular complexity index is 385. The van der Waals surface area contributed by atoms with Crippen molar-refractivity contribution in [3.63, 3.8) is 0 Å². The van der Waals surface area contributed by atoms with Crippen LogP contribution < -0.4 is 0 Å². The van der Waals surface area contributed by atoms with Gasteiger partial charge in [-0.3, -0.25) is 0 Å². The van der Waals surface area contributed by atoms with E-state index in [9.17, 15) is 5.11 Å². The molecule has 1 aliphatic rings. The molecule has 2 rings (SSSR count). The van der Waals surface area contributed by atoms with Crippen LogP contribution in [-0.4, -0.2) is 5.11 Å². The van der Waals surface area contributed by atoms with Crippen LogP contribution in [0.4, 0.5) is 0 Å². The van der Waals surface area contributed by atoms with E-state index >= 15 is 0 Å². The summed E-state index contributed by atoms with van der Waals surface area (Å²) in [6.45, 7) is 4.18. The van der Waals surface area contributed by atoms with Gasteiger partial charge in [0.25, 0.3) is 0 Å². The predicted molar refractivity (Wildman–Crippen MR) is 79.8 cm³/mol. The summed E-state index contributed by atoms with van der Waals surface area (Å²) < 4.78 is 1.16. The zero-order valence-corrected chi connectivity index (χ0v) is 13.0. The van der Waals surface area contributed by atoms with Crippen molar-refractivity contribution in [2.45, 2.75) is 58.5 Å². The second kappa shape index (κ2) is 6.21. The molecule has 18 heavy (non-hydrogen) atoms. The van der Waals surface area contributed by atoms with E-state index in [4.69, 9.17) is 0 Å². The molecule has 0 aliphatic heterocycles. The summed E-state index contributed by atoms with van der Waals surface area (Å²) in [6.07, 6.45) is 7.30. The highest BCUT2D eigenvalue weighted by atomic mass is 79.9. The highest BCUT2D eigenvalue weighted by Crippen LogP contribution is 2.33. The van der Waals surface area contributed by atoms with Crippen LogP contribution in [0.2, 0.25) is 0 Å². The average Bonchev–Trinajstić information content (AvgIpc) is 2.36. The summed E-state index contributed by atoms with van der Waals surface area (Å²) in [5, 5.41) is 10.4. The van der Waals surface area contributed by atoms with Gasteiger partial charge in [0.1, 0.15) is 0 Å². The van der Waals surface area contributed by atoms with Gasteiger partial charge in [0.15, 0.2) is 0 Å². The monoisotopic (exact) mass is 310 g/mol. The number of halogens is 1. The zero-order chi connectivity index (χ0) is 13.1. The van der Waals surface area contributed by atoms with Crippen molar-refractivity contribution in [3.8, 4) is 0 Å². The summed E-state index contributed by atoms with van der Waals surface area (Å²) in [4.78, 5) is 0. The molecule has 1 fully saturated rings. The molecule has 0 radical (unpaired) electrons. The molecule has 1 atom stereocenters. The molecular weight excluding hydrogens is 288 g/mol. The molecule has 1 saturated carbocycles. The van der Waals surface area contributed by atoms with Gasteiger partial charge >= 0.3 is 0 Å². The minimum Gasteiger partial charge on any atom is -0.388 e. The summed E-state index contributed by atoms with van der Waals surface area (Å²) >= 11 is 3.58. The second-order valence-corrected chi connectivity index (χ2v) is 6.52. The molecular formula is C16H23BrO. The Morgan fingerprint density at radius 2 is 1.72 bits per heavy atom. The summed E-state index contributed by atoms with van der Waals surface area (Å²) in [7, 11) is 0. The Morgan fingerprint density at radius 1 is 1.17 bits per heavy atom. The van der Waals surface area contributed by atoms with Gasteiger partial charge in [-0.1, -0.05) is 60.2 Å². The first-order valence-corrected chi connectivity index (χ1v) is 7.82. The Kier molecular flexibility index (Phi) is 4.85. The number of aliphatic hydroxyl groups excluding tert-OH is 1. The van der Waals surface area contributed by atoms with Gasteiger partial charge in [0.05, 0.1) is 6.10 Å². The molecule has 1 aromatic rings. The molecule has 0 heterocycles. The molecule has 2 heteroatoms. The first-order chi connectivity index (χ1) is 8.58. The highest BCUT2D eigenvalue weighted by Gasteiger charge is 2.19. The zero-order valence-electron chi connectivity index (χ0n) is 11.4. The third-order valence-corrected chi connectivity index (χ3v) is 5.38. The lowest BCUT2D eigenvalue weighted by Gasteiger charge is -2.24. The van der Waals surface area contributed by atoms with Gasteiger partial charge in [-0.2, -0.15) is 0 Å². The van der Waals surface area contributed by atoms with Crippen molar-refractivity contribution in [2.24, 2.45) is 5.92 Å². The van der Waals surface area contributed by atoms with Crippen LogP contribution >= 0.6 is 15.9 Å². The van der Waals surface area contributed by atoms with Gasteiger partial charge in [-0.05, 0) is 42.9 Å². The normalized spacial score (nSPS) is 18.9. The standard InChI is InChI=1S/C16H23BrO/c1-11-8-14(9-12(2)16(11)17)15(18)10-13-6-4-3-5-7-13/h8-9,13,15,18H,3-7,10H2,1-2H3. The summed E-state index contributed by atoms with van der Waals surface area (Å²) in [5.41, 5.74) is 3.51. The van der Waals surface area contributed by atoms with Crippen LogP contribution in [0, 0.1) is 19.8 Å². The maximum atomic E-state index is 10.4. The number of benzene rings is 1. The van der Waals surface area contributed by atoms with Gasteiger partial charge in [-0.15, -0.1) is 0 Å². The highest BCUT2D eigenvalue weighted by molar-refractivity contribution is 9.10. The van der Waals surface area contributed by atoms with Crippen LogP contribution in [-0.2, 0) is 0 Å².